The molecule has 1 aliphatic rings. The Morgan fingerprint density at radius 1 is 1.27 bits per heavy atom. The summed E-state index contributed by atoms with van der Waals surface area (Å²) in [6, 6.07) is 6.16. The van der Waals surface area contributed by atoms with Gasteiger partial charge in [-0.2, -0.15) is 0 Å². The molecule has 0 aliphatic carbocycles. The lowest BCUT2D eigenvalue weighted by Crippen LogP contribution is -2.50. The average Bonchev–Trinajstić information content (AvgIpc) is 2.54. The first-order chi connectivity index (χ1) is 10.3. The van der Waals surface area contributed by atoms with Gasteiger partial charge in [-0.1, -0.05) is 19.1 Å². The van der Waals surface area contributed by atoms with E-state index in [4.69, 9.17) is 0 Å². The first-order valence-corrected chi connectivity index (χ1v) is 8.01. The van der Waals surface area contributed by atoms with Crippen molar-refractivity contribution in [1.29, 1.82) is 0 Å². The molecule has 0 bridgehead atoms. The molecule has 1 aromatic carbocycles. The minimum absolute atomic E-state index is 0.0310. The van der Waals surface area contributed by atoms with Crippen LogP contribution < -0.4 is 0 Å². The van der Waals surface area contributed by atoms with E-state index < -0.39 is 5.41 Å². The monoisotopic (exact) mass is 307 g/mol. The van der Waals surface area contributed by atoms with E-state index in [-0.39, 0.29) is 23.7 Å². The molecule has 1 amide bonds. The first-order valence-electron chi connectivity index (χ1n) is 8.01. The van der Waals surface area contributed by atoms with Gasteiger partial charge in [0.2, 0.25) is 5.91 Å². The lowest BCUT2D eigenvalue weighted by Gasteiger charge is -2.42. The van der Waals surface area contributed by atoms with Gasteiger partial charge < -0.3 is 10.0 Å². The molecular weight excluding hydrogens is 281 g/mol. The van der Waals surface area contributed by atoms with Crippen LogP contribution in [-0.2, 0) is 10.2 Å². The van der Waals surface area contributed by atoms with Crippen LogP contribution in [0.2, 0.25) is 0 Å². The van der Waals surface area contributed by atoms with E-state index >= 15 is 0 Å². The van der Waals surface area contributed by atoms with E-state index in [9.17, 15) is 14.3 Å². The molecule has 1 fully saturated rings. The number of hydrogen-bond acceptors (Lipinski definition) is 2. The van der Waals surface area contributed by atoms with Crippen LogP contribution in [0.1, 0.15) is 45.6 Å². The zero-order chi connectivity index (χ0) is 16.4. The lowest BCUT2D eigenvalue weighted by atomic mass is 9.76. The molecule has 0 saturated carbocycles. The number of halogens is 1. The molecule has 1 aromatic rings. The molecule has 1 N–H and O–H groups in total. The predicted octanol–water partition coefficient (Wildman–Crippen LogP) is 3.11. The van der Waals surface area contributed by atoms with Crippen molar-refractivity contribution in [2.75, 3.05) is 19.7 Å². The van der Waals surface area contributed by atoms with Crippen LogP contribution in [0.15, 0.2) is 24.3 Å². The zero-order valence-electron chi connectivity index (χ0n) is 13.7. The van der Waals surface area contributed by atoms with Gasteiger partial charge in [-0.05, 0) is 56.2 Å². The Morgan fingerprint density at radius 3 is 2.27 bits per heavy atom. The summed E-state index contributed by atoms with van der Waals surface area (Å²) in [4.78, 5) is 14.7. The van der Waals surface area contributed by atoms with Gasteiger partial charge in [-0.15, -0.1) is 0 Å². The number of rotatable bonds is 4. The summed E-state index contributed by atoms with van der Waals surface area (Å²) in [5, 5.41) is 9.59. The van der Waals surface area contributed by atoms with Gasteiger partial charge in [0.1, 0.15) is 5.82 Å². The second kappa shape index (κ2) is 6.37. The standard InChI is InChI=1S/C18H26FNO2/c1-4-18(13-21)9-11-20(12-10-18)16(22)17(2,3)14-5-7-15(19)8-6-14/h5-8,21H,4,9-13H2,1-3H3. The van der Waals surface area contributed by atoms with E-state index in [0.29, 0.717) is 13.1 Å². The van der Waals surface area contributed by atoms with Gasteiger partial charge in [0, 0.05) is 19.7 Å². The molecule has 1 aliphatic heterocycles. The average molecular weight is 307 g/mol. The van der Waals surface area contributed by atoms with Crippen LogP contribution in [0.4, 0.5) is 4.39 Å². The molecule has 4 heteroatoms. The zero-order valence-corrected chi connectivity index (χ0v) is 13.7. The first kappa shape index (κ1) is 16.9. The van der Waals surface area contributed by atoms with E-state index in [1.807, 2.05) is 18.7 Å². The fourth-order valence-electron chi connectivity index (χ4n) is 3.19. The minimum Gasteiger partial charge on any atom is -0.396 e. The van der Waals surface area contributed by atoms with Crippen molar-refractivity contribution in [2.45, 2.75) is 45.4 Å². The smallest absolute Gasteiger partial charge is 0.232 e. The predicted molar refractivity (Wildman–Crippen MR) is 85.0 cm³/mol. The molecule has 1 heterocycles. The Labute approximate surface area is 132 Å². The third-order valence-electron chi connectivity index (χ3n) is 5.30. The Morgan fingerprint density at radius 2 is 1.82 bits per heavy atom. The van der Waals surface area contributed by atoms with Crippen molar-refractivity contribution < 1.29 is 14.3 Å². The van der Waals surface area contributed by atoms with Gasteiger partial charge in [-0.3, -0.25) is 4.79 Å². The second-order valence-electron chi connectivity index (χ2n) is 6.94. The summed E-state index contributed by atoms with van der Waals surface area (Å²) in [7, 11) is 0. The number of nitrogens with zero attached hydrogens (tertiary/aromatic N) is 1. The summed E-state index contributed by atoms with van der Waals surface area (Å²) in [6.45, 7) is 7.41. The largest absolute Gasteiger partial charge is 0.396 e. The second-order valence-corrected chi connectivity index (χ2v) is 6.94. The molecule has 122 valence electrons. The number of aliphatic hydroxyl groups is 1. The van der Waals surface area contributed by atoms with Crippen LogP contribution in [0.3, 0.4) is 0 Å². The highest BCUT2D eigenvalue weighted by Crippen LogP contribution is 2.36. The Balaban J connectivity index is 2.10. The third kappa shape index (κ3) is 3.17. The number of benzene rings is 1. The number of piperidine rings is 1. The number of hydrogen-bond donors (Lipinski definition) is 1. The van der Waals surface area contributed by atoms with Crippen molar-refractivity contribution >= 4 is 5.91 Å². The number of carbonyl (C=O) groups is 1. The number of amides is 1. The van der Waals surface area contributed by atoms with Crippen LogP contribution in [0.25, 0.3) is 0 Å². The Kier molecular flexibility index (Phi) is 4.90. The summed E-state index contributed by atoms with van der Waals surface area (Å²) in [5.41, 5.74) is 0.129. The Bertz CT molecular complexity index is 510. The van der Waals surface area contributed by atoms with Crippen LogP contribution in [-0.4, -0.2) is 35.6 Å². The maximum Gasteiger partial charge on any atom is 0.232 e. The number of likely N-dealkylation sites (tertiary alicyclic amines) is 1. The van der Waals surface area contributed by atoms with Crippen molar-refractivity contribution in [3.63, 3.8) is 0 Å². The number of aliphatic hydroxyl groups excluding tert-OH is 1. The lowest BCUT2D eigenvalue weighted by molar-refractivity contribution is -0.139. The number of carbonyl (C=O) groups excluding carboxylic acids is 1. The summed E-state index contributed by atoms with van der Waals surface area (Å²) in [5.74, 6) is -0.220. The molecule has 0 aromatic heterocycles. The van der Waals surface area contributed by atoms with Crippen molar-refractivity contribution in [3.05, 3.63) is 35.6 Å². The van der Waals surface area contributed by atoms with Gasteiger partial charge in [0.25, 0.3) is 0 Å². The van der Waals surface area contributed by atoms with Gasteiger partial charge in [0.15, 0.2) is 0 Å². The summed E-state index contributed by atoms with van der Waals surface area (Å²) in [6.07, 6.45) is 2.61. The molecule has 3 nitrogen and oxygen atoms in total. The van der Waals surface area contributed by atoms with E-state index in [2.05, 4.69) is 6.92 Å². The fraction of sp³-hybridized carbons (Fsp3) is 0.611. The van der Waals surface area contributed by atoms with Gasteiger partial charge >= 0.3 is 0 Å². The highest BCUT2D eigenvalue weighted by molar-refractivity contribution is 5.87. The fourth-order valence-corrected chi connectivity index (χ4v) is 3.19. The normalized spacial score (nSPS) is 18.3. The SMILES string of the molecule is CCC1(CO)CCN(C(=O)C(C)(C)c2ccc(F)cc2)CC1. The molecular formula is C18H26FNO2. The van der Waals surface area contributed by atoms with Crippen molar-refractivity contribution in [2.24, 2.45) is 5.41 Å². The van der Waals surface area contributed by atoms with Gasteiger partial charge in [-0.25, -0.2) is 4.39 Å². The van der Waals surface area contributed by atoms with Crippen LogP contribution >= 0.6 is 0 Å². The molecule has 0 spiro atoms. The minimum atomic E-state index is -0.668. The maximum atomic E-state index is 13.1. The van der Waals surface area contributed by atoms with Crippen LogP contribution in [0.5, 0.6) is 0 Å². The van der Waals surface area contributed by atoms with E-state index in [1.54, 1.807) is 12.1 Å². The topological polar surface area (TPSA) is 40.5 Å². The molecule has 0 radical (unpaired) electrons. The molecule has 1 saturated heterocycles. The van der Waals surface area contributed by atoms with Crippen molar-refractivity contribution in [3.8, 4) is 0 Å². The Hall–Kier alpha value is -1.42. The summed E-state index contributed by atoms with van der Waals surface area (Å²) < 4.78 is 13.1. The quantitative estimate of drug-likeness (QED) is 0.928. The third-order valence-corrected chi connectivity index (χ3v) is 5.30. The van der Waals surface area contributed by atoms with Crippen molar-refractivity contribution in [1.82, 2.24) is 4.90 Å². The van der Waals surface area contributed by atoms with Gasteiger partial charge in [0.05, 0.1) is 5.41 Å². The molecule has 22 heavy (non-hydrogen) atoms. The van der Waals surface area contributed by atoms with E-state index in [0.717, 1.165) is 24.8 Å². The molecule has 2 rings (SSSR count). The molecule has 0 atom stereocenters. The highest BCUT2D eigenvalue weighted by atomic mass is 19.1. The maximum absolute atomic E-state index is 13.1. The molecule has 0 unspecified atom stereocenters. The van der Waals surface area contributed by atoms with Crippen LogP contribution in [0, 0.1) is 11.2 Å². The van der Waals surface area contributed by atoms with E-state index in [1.165, 1.54) is 12.1 Å². The summed E-state index contributed by atoms with van der Waals surface area (Å²) >= 11 is 0. The highest BCUT2D eigenvalue weighted by Gasteiger charge is 2.39.